The van der Waals surface area contributed by atoms with E-state index >= 15 is 0 Å². The summed E-state index contributed by atoms with van der Waals surface area (Å²) < 4.78 is 27.5. The molecule has 0 aliphatic carbocycles. The van der Waals surface area contributed by atoms with E-state index in [0.717, 1.165) is 19.3 Å². The average molecular weight is 234 g/mol. The Morgan fingerprint density at radius 3 is 2.40 bits per heavy atom. The number of nitrogens with zero attached hydrogens (tertiary/aromatic N) is 2. The van der Waals surface area contributed by atoms with Crippen LogP contribution in [-0.2, 0) is 10.2 Å². The van der Waals surface area contributed by atoms with Crippen LogP contribution in [0.1, 0.15) is 40.0 Å². The van der Waals surface area contributed by atoms with Crippen LogP contribution in [0.15, 0.2) is 0 Å². The van der Waals surface area contributed by atoms with E-state index in [1.54, 1.807) is 11.4 Å². The highest BCUT2D eigenvalue weighted by molar-refractivity contribution is 7.86. The van der Waals surface area contributed by atoms with E-state index in [0.29, 0.717) is 6.54 Å². The van der Waals surface area contributed by atoms with Crippen LogP contribution >= 0.6 is 0 Å². The number of rotatable bonds is 3. The fraction of sp³-hybridized carbons (Fsp3) is 1.00. The summed E-state index contributed by atoms with van der Waals surface area (Å²) in [4.78, 5) is 0. The van der Waals surface area contributed by atoms with Gasteiger partial charge in [-0.15, -0.1) is 0 Å². The monoisotopic (exact) mass is 234 g/mol. The maximum atomic E-state index is 12.2. The molecule has 0 aromatic heterocycles. The Balaban J connectivity index is 2.84. The van der Waals surface area contributed by atoms with Gasteiger partial charge >= 0.3 is 0 Å². The predicted octanol–water partition coefficient (Wildman–Crippen LogP) is 1.45. The minimum Gasteiger partial charge on any atom is -0.195 e. The molecule has 1 atom stereocenters. The second kappa shape index (κ2) is 4.80. The smallest absolute Gasteiger partial charge is 0.195 e. The molecule has 15 heavy (non-hydrogen) atoms. The zero-order valence-corrected chi connectivity index (χ0v) is 10.9. The van der Waals surface area contributed by atoms with Crippen LogP contribution in [0, 0.1) is 0 Å². The molecule has 90 valence electrons. The van der Waals surface area contributed by atoms with E-state index < -0.39 is 10.2 Å². The van der Waals surface area contributed by atoms with Crippen molar-refractivity contribution in [1.82, 2.24) is 8.61 Å². The summed E-state index contributed by atoms with van der Waals surface area (Å²) in [5, 5.41) is 0. The molecule has 0 bridgehead atoms. The molecular weight excluding hydrogens is 212 g/mol. The van der Waals surface area contributed by atoms with Crippen LogP contribution < -0.4 is 0 Å². The molecule has 4 nitrogen and oxygen atoms in total. The average Bonchev–Trinajstić information content (AvgIpc) is 2.16. The second-order valence-electron chi connectivity index (χ2n) is 4.57. The molecule has 1 saturated heterocycles. The van der Waals surface area contributed by atoms with Gasteiger partial charge in [0.25, 0.3) is 10.2 Å². The van der Waals surface area contributed by atoms with E-state index in [9.17, 15) is 8.42 Å². The van der Waals surface area contributed by atoms with Crippen molar-refractivity contribution in [3.8, 4) is 0 Å². The topological polar surface area (TPSA) is 40.6 Å². The van der Waals surface area contributed by atoms with Crippen molar-refractivity contribution in [2.75, 3.05) is 13.6 Å². The number of hydrogen-bond acceptors (Lipinski definition) is 2. The summed E-state index contributed by atoms with van der Waals surface area (Å²) in [6, 6.07) is 0.161. The van der Waals surface area contributed by atoms with Gasteiger partial charge in [-0.2, -0.15) is 17.0 Å². The SMILES string of the molecule is CC(C)N(C)S(=O)(=O)N1CCCCC1C. The highest BCUT2D eigenvalue weighted by Gasteiger charge is 2.33. The van der Waals surface area contributed by atoms with Gasteiger partial charge < -0.3 is 0 Å². The molecule has 1 fully saturated rings. The predicted molar refractivity (Wildman–Crippen MR) is 61.8 cm³/mol. The Morgan fingerprint density at radius 1 is 1.33 bits per heavy atom. The normalized spacial score (nSPS) is 25.1. The molecule has 0 saturated carbocycles. The van der Waals surface area contributed by atoms with Gasteiger partial charge in [0.1, 0.15) is 0 Å². The van der Waals surface area contributed by atoms with Crippen molar-refractivity contribution in [3.05, 3.63) is 0 Å². The first-order valence-corrected chi connectivity index (χ1v) is 7.02. The molecule has 0 N–H and O–H groups in total. The van der Waals surface area contributed by atoms with Crippen LogP contribution in [0.25, 0.3) is 0 Å². The minimum absolute atomic E-state index is 0.0177. The van der Waals surface area contributed by atoms with E-state index in [1.165, 1.54) is 4.31 Å². The van der Waals surface area contributed by atoms with Gasteiger partial charge in [-0.1, -0.05) is 6.42 Å². The molecule has 0 spiro atoms. The Labute approximate surface area is 93.4 Å². The molecule has 1 aliphatic rings. The van der Waals surface area contributed by atoms with Crippen LogP contribution in [0.4, 0.5) is 0 Å². The van der Waals surface area contributed by atoms with Crippen LogP contribution in [0.5, 0.6) is 0 Å². The second-order valence-corrected chi connectivity index (χ2v) is 6.51. The summed E-state index contributed by atoms with van der Waals surface area (Å²) in [6.45, 7) is 6.45. The molecule has 1 heterocycles. The Bertz CT molecular complexity index is 301. The van der Waals surface area contributed by atoms with Crippen molar-refractivity contribution in [3.63, 3.8) is 0 Å². The summed E-state index contributed by atoms with van der Waals surface area (Å²) >= 11 is 0. The van der Waals surface area contributed by atoms with Crippen LogP contribution in [0.2, 0.25) is 0 Å². The standard InChI is InChI=1S/C10H22N2O2S/c1-9(2)11(4)15(13,14)12-8-6-5-7-10(12)3/h9-10H,5-8H2,1-4H3. The molecule has 1 unspecified atom stereocenters. The zero-order valence-electron chi connectivity index (χ0n) is 10.1. The van der Waals surface area contributed by atoms with E-state index in [4.69, 9.17) is 0 Å². The van der Waals surface area contributed by atoms with Crippen LogP contribution in [0.3, 0.4) is 0 Å². The molecule has 0 radical (unpaired) electrons. The van der Waals surface area contributed by atoms with Crippen molar-refractivity contribution in [2.45, 2.75) is 52.1 Å². The van der Waals surface area contributed by atoms with Gasteiger partial charge in [-0.05, 0) is 33.6 Å². The third-order valence-corrected chi connectivity index (χ3v) is 5.41. The zero-order chi connectivity index (χ0) is 11.6. The fourth-order valence-corrected chi connectivity index (χ4v) is 3.63. The summed E-state index contributed by atoms with van der Waals surface area (Å²) in [6.07, 6.45) is 3.10. The Kier molecular flexibility index (Phi) is 4.14. The summed E-state index contributed by atoms with van der Waals surface area (Å²) in [5.41, 5.74) is 0. The first-order chi connectivity index (χ1) is 6.87. The van der Waals surface area contributed by atoms with E-state index in [1.807, 2.05) is 20.8 Å². The molecule has 1 aliphatic heterocycles. The lowest BCUT2D eigenvalue weighted by Crippen LogP contribution is -2.50. The molecule has 5 heteroatoms. The van der Waals surface area contributed by atoms with Crippen LogP contribution in [-0.4, -0.2) is 42.7 Å². The first-order valence-electron chi connectivity index (χ1n) is 5.62. The largest absolute Gasteiger partial charge is 0.282 e. The van der Waals surface area contributed by atoms with Gasteiger partial charge in [-0.25, -0.2) is 0 Å². The van der Waals surface area contributed by atoms with Gasteiger partial charge in [-0.3, -0.25) is 0 Å². The van der Waals surface area contributed by atoms with Gasteiger partial charge in [0.15, 0.2) is 0 Å². The van der Waals surface area contributed by atoms with Gasteiger partial charge in [0.2, 0.25) is 0 Å². The van der Waals surface area contributed by atoms with Gasteiger partial charge in [0.05, 0.1) is 0 Å². The number of piperidine rings is 1. The quantitative estimate of drug-likeness (QED) is 0.741. The van der Waals surface area contributed by atoms with Gasteiger partial charge in [0, 0.05) is 25.7 Å². The fourth-order valence-electron chi connectivity index (χ4n) is 1.85. The van der Waals surface area contributed by atoms with Crippen molar-refractivity contribution in [1.29, 1.82) is 0 Å². The number of hydrogen-bond donors (Lipinski definition) is 0. The van der Waals surface area contributed by atoms with Crippen molar-refractivity contribution >= 4 is 10.2 Å². The maximum absolute atomic E-state index is 12.2. The van der Waals surface area contributed by atoms with E-state index in [-0.39, 0.29) is 12.1 Å². The third kappa shape index (κ3) is 2.71. The van der Waals surface area contributed by atoms with Crippen molar-refractivity contribution in [2.24, 2.45) is 0 Å². The third-order valence-electron chi connectivity index (χ3n) is 3.13. The van der Waals surface area contributed by atoms with E-state index in [2.05, 4.69) is 0 Å². The lowest BCUT2D eigenvalue weighted by Gasteiger charge is -2.36. The maximum Gasteiger partial charge on any atom is 0.282 e. The van der Waals surface area contributed by atoms with Crippen molar-refractivity contribution < 1.29 is 8.42 Å². The summed E-state index contributed by atoms with van der Waals surface area (Å²) in [5.74, 6) is 0. The lowest BCUT2D eigenvalue weighted by molar-refractivity contribution is 0.243. The molecule has 0 aromatic carbocycles. The molecular formula is C10H22N2O2S. The Morgan fingerprint density at radius 2 is 1.93 bits per heavy atom. The molecule has 0 amide bonds. The Hall–Kier alpha value is -0.130. The first kappa shape index (κ1) is 12.9. The highest BCUT2D eigenvalue weighted by Crippen LogP contribution is 2.22. The minimum atomic E-state index is -3.24. The highest BCUT2D eigenvalue weighted by atomic mass is 32.2. The summed E-state index contributed by atoms with van der Waals surface area (Å²) in [7, 11) is -1.59. The molecule has 1 rings (SSSR count). The lowest BCUT2D eigenvalue weighted by atomic mass is 10.1. The molecule has 0 aromatic rings.